The van der Waals surface area contributed by atoms with Gasteiger partial charge in [-0.15, -0.1) is 0 Å². The lowest BCUT2D eigenvalue weighted by Gasteiger charge is -2.07. The van der Waals surface area contributed by atoms with Gasteiger partial charge in [-0.25, -0.2) is 9.97 Å². The monoisotopic (exact) mass is 330 g/mol. The third-order valence-electron chi connectivity index (χ3n) is 4.33. The van der Waals surface area contributed by atoms with Crippen molar-refractivity contribution in [2.24, 2.45) is 0 Å². The molecule has 4 aromatic rings. The van der Waals surface area contributed by atoms with Crippen LogP contribution in [0.15, 0.2) is 65.7 Å². The van der Waals surface area contributed by atoms with Gasteiger partial charge in [0.25, 0.3) is 5.56 Å². The van der Waals surface area contributed by atoms with E-state index in [0.29, 0.717) is 23.1 Å². The van der Waals surface area contributed by atoms with E-state index >= 15 is 0 Å². The van der Waals surface area contributed by atoms with Gasteiger partial charge in [0.05, 0.1) is 17.3 Å². The van der Waals surface area contributed by atoms with Crippen LogP contribution in [0.1, 0.15) is 18.6 Å². The Kier molecular flexibility index (Phi) is 3.90. The third-order valence-corrected chi connectivity index (χ3v) is 4.33. The van der Waals surface area contributed by atoms with Crippen molar-refractivity contribution in [2.45, 2.75) is 19.9 Å². The SMILES string of the molecule is CCn1ccnc1Cc1nc2ccc(-c3ccccc3)cc2c(=O)[nH]1. The van der Waals surface area contributed by atoms with Crippen LogP contribution in [0.2, 0.25) is 0 Å². The molecule has 1 N–H and O–H groups in total. The van der Waals surface area contributed by atoms with Crippen molar-refractivity contribution in [3.05, 3.63) is 82.9 Å². The van der Waals surface area contributed by atoms with Crippen LogP contribution < -0.4 is 5.56 Å². The fourth-order valence-corrected chi connectivity index (χ4v) is 3.03. The molecule has 0 spiro atoms. The maximum Gasteiger partial charge on any atom is 0.258 e. The standard InChI is InChI=1S/C20H18N4O/c1-2-24-11-10-21-19(24)13-18-22-17-9-8-15(12-16(17)20(25)23-18)14-6-4-3-5-7-14/h3-12H,2,13H2,1H3,(H,22,23,25). The number of aromatic amines is 1. The van der Waals surface area contributed by atoms with Crippen LogP contribution in [0.5, 0.6) is 0 Å². The lowest BCUT2D eigenvalue weighted by molar-refractivity contribution is 0.703. The molecule has 5 nitrogen and oxygen atoms in total. The zero-order chi connectivity index (χ0) is 17.2. The van der Waals surface area contributed by atoms with Crippen molar-refractivity contribution < 1.29 is 0 Å². The summed E-state index contributed by atoms with van der Waals surface area (Å²) in [6.07, 6.45) is 4.21. The number of rotatable bonds is 4. The normalized spacial score (nSPS) is 11.1. The van der Waals surface area contributed by atoms with Crippen LogP contribution in [0.25, 0.3) is 22.0 Å². The van der Waals surface area contributed by atoms with Crippen molar-refractivity contribution in [1.29, 1.82) is 0 Å². The number of hydrogen-bond donors (Lipinski definition) is 1. The van der Waals surface area contributed by atoms with Crippen molar-refractivity contribution in [1.82, 2.24) is 19.5 Å². The molecule has 124 valence electrons. The molecule has 0 aliphatic heterocycles. The van der Waals surface area contributed by atoms with E-state index in [1.165, 1.54) is 0 Å². The van der Waals surface area contributed by atoms with Gasteiger partial charge in [-0.05, 0) is 30.2 Å². The molecule has 0 saturated heterocycles. The summed E-state index contributed by atoms with van der Waals surface area (Å²) in [7, 11) is 0. The number of hydrogen-bond acceptors (Lipinski definition) is 3. The third kappa shape index (κ3) is 2.96. The molecular formula is C20H18N4O. The highest BCUT2D eigenvalue weighted by Crippen LogP contribution is 2.22. The van der Waals surface area contributed by atoms with E-state index in [1.54, 1.807) is 6.20 Å². The van der Waals surface area contributed by atoms with E-state index in [4.69, 9.17) is 0 Å². The molecule has 5 heteroatoms. The Morgan fingerprint density at radius 3 is 2.72 bits per heavy atom. The van der Waals surface area contributed by atoms with Gasteiger partial charge in [-0.3, -0.25) is 4.79 Å². The highest BCUT2D eigenvalue weighted by Gasteiger charge is 2.09. The number of fused-ring (bicyclic) bond motifs is 1. The molecule has 0 amide bonds. The predicted molar refractivity (Wildman–Crippen MR) is 98.5 cm³/mol. The summed E-state index contributed by atoms with van der Waals surface area (Å²) in [5, 5.41) is 0.601. The van der Waals surface area contributed by atoms with Crippen molar-refractivity contribution in [3.8, 4) is 11.1 Å². The molecule has 0 aliphatic carbocycles. The molecular weight excluding hydrogens is 312 g/mol. The Labute approximate surface area is 145 Å². The van der Waals surface area contributed by atoms with E-state index in [1.807, 2.05) is 59.3 Å². The lowest BCUT2D eigenvalue weighted by Crippen LogP contribution is -2.14. The number of aromatic nitrogens is 4. The molecule has 0 atom stereocenters. The van der Waals surface area contributed by atoms with Gasteiger partial charge in [0.2, 0.25) is 0 Å². The second-order valence-electron chi connectivity index (χ2n) is 5.92. The largest absolute Gasteiger partial charge is 0.335 e. The van der Waals surface area contributed by atoms with E-state index in [9.17, 15) is 4.79 Å². The van der Waals surface area contributed by atoms with Gasteiger partial charge in [0.15, 0.2) is 0 Å². The van der Waals surface area contributed by atoms with Crippen molar-refractivity contribution >= 4 is 10.9 Å². The quantitative estimate of drug-likeness (QED) is 0.624. The first-order chi connectivity index (χ1) is 12.2. The highest BCUT2D eigenvalue weighted by atomic mass is 16.1. The summed E-state index contributed by atoms with van der Waals surface area (Å²) in [5.41, 5.74) is 2.67. The maximum absolute atomic E-state index is 12.5. The topological polar surface area (TPSA) is 63.6 Å². The number of benzene rings is 2. The molecule has 2 aromatic carbocycles. The number of H-pyrrole nitrogens is 1. The summed E-state index contributed by atoms with van der Waals surface area (Å²) >= 11 is 0. The van der Waals surface area contributed by atoms with Gasteiger partial charge < -0.3 is 9.55 Å². The number of aryl methyl sites for hydroxylation is 1. The van der Waals surface area contributed by atoms with Gasteiger partial charge in [0.1, 0.15) is 11.6 Å². The second-order valence-corrected chi connectivity index (χ2v) is 5.92. The van der Waals surface area contributed by atoms with Gasteiger partial charge in [0, 0.05) is 18.9 Å². The molecule has 2 heterocycles. The smallest absolute Gasteiger partial charge is 0.258 e. The molecule has 0 unspecified atom stereocenters. The molecule has 2 aromatic heterocycles. The van der Waals surface area contributed by atoms with Crippen LogP contribution in [0, 0.1) is 0 Å². The summed E-state index contributed by atoms with van der Waals surface area (Å²) in [6.45, 7) is 2.90. The van der Waals surface area contributed by atoms with Crippen LogP contribution in [0.4, 0.5) is 0 Å². The zero-order valence-electron chi connectivity index (χ0n) is 13.9. The van der Waals surface area contributed by atoms with Crippen LogP contribution >= 0.6 is 0 Å². The summed E-state index contributed by atoms with van der Waals surface area (Å²) in [6, 6.07) is 15.8. The summed E-state index contributed by atoms with van der Waals surface area (Å²) in [4.78, 5) is 24.4. The molecule has 25 heavy (non-hydrogen) atoms. The average Bonchev–Trinajstić information content (AvgIpc) is 3.09. The van der Waals surface area contributed by atoms with Crippen molar-refractivity contribution in [2.75, 3.05) is 0 Å². The van der Waals surface area contributed by atoms with Gasteiger partial charge >= 0.3 is 0 Å². The zero-order valence-corrected chi connectivity index (χ0v) is 13.9. The molecule has 0 aliphatic rings. The van der Waals surface area contributed by atoms with Crippen LogP contribution in [0.3, 0.4) is 0 Å². The highest BCUT2D eigenvalue weighted by molar-refractivity contribution is 5.83. The van der Waals surface area contributed by atoms with E-state index in [2.05, 4.69) is 21.9 Å². The fourth-order valence-electron chi connectivity index (χ4n) is 3.03. The maximum atomic E-state index is 12.5. The Morgan fingerprint density at radius 1 is 1.08 bits per heavy atom. The van der Waals surface area contributed by atoms with E-state index in [0.717, 1.165) is 23.5 Å². The lowest BCUT2D eigenvalue weighted by atomic mass is 10.0. The minimum absolute atomic E-state index is 0.118. The minimum atomic E-state index is -0.118. The first-order valence-corrected chi connectivity index (χ1v) is 8.33. The molecule has 0 bridgehead atoms. The molecule has 0 saturated carbocycles. The Morgan fingerprint density at radius 2 is 1.92 bits per heavy atom. The average molecular weight is 330 g/mol. The molecule has 0 radical (unpaired) electrons. The van der Waals surface area contributed by atoms with Crippen LogP contribution in [-0.4, -0.2) is 19.5 Å². The number of nitrogens with zero attached hydrogens (tertiary/aromatic N) is 3. The summed E-state index contributed by atoms with van der Waals surface area (Å²) < 4.78 is 2.04. The number of nitrogens with one attached hydrogen (secondary N) is 1. The van der Waals surface area contributed by atoms with Gasteiger partial charge in [-0.2, -0.15) is 0 Å². The minimum Gasteiger partial charge on any atom is -0.335 e. The van der Waals surface area contributed by atoms with E-state index < -0.39 is 0 Å². The van der Waals surface area contributed by atoms with Crippen molar-refractivity contribution in [3.63, 3.8) is 0 Å². The van der Waals surface area contributed by atoms with Gasteiger partial charge in [-0.1, -0.05) is 36.4 Å². The van der Waals surface area contributed by atoms with Crippen LogP contribution in [-0.2, 0) is 13.0 Å². The first kappa shape index (κ1) is 15.3. The Bertz CT molecular complexity index is 1080. The predicted octanol–water partition coefficient (Wildman–Crippen LogP) is 3.40. The number of imidazole rings is 1. The molecule has 0 fully saturated rings. The van der Waals surface area contributed by atoms with E-state index in [-0.39, 0.29) is 5.56 Å². The summed E-state index contributed by atoms with van der Waals surface area (Å²) in [5.74, 6) is 1.52. The Hall–Kier alpha value is -3.21. The molecule has 4 rings (SSSR count). The fraction of sp³-hybridized carbons (Fsp3) is 0.150. The second kappa shape index (κ2) is 6.36. The first-order valence-electron chi connectivity index (χ1n) is 8.33. The Balaban J connectivity index is 1.75.